The van der Waals surface area contributed by atoms with Crippen molar-refractivity contribution >= 4 is 22.0 Å². The van der Waals surface area contributed by atoms with Crippen LogP contribution >= 0.6 is 0 Å². The van der Waals surface area contributed by atoms with E-state index in [1.54, 1.807) is 0 Å². The highest BCUT2D eigenvalue weighted by atomic mass is 32.2. The summed E-state index contributed by atoms with van der Waals surface area (Å²) in [6.07, 6.45) is 0.0363. The zero-order valence-corrected chi connectivity index (χ0v) is 17.5. The Bertz CT molecular complexity index is 980. The van der Waals surface area contributed by atoms with Crippen LogP contribution in [0.3, 0.4) is 0 Å². The lowest BCUT2D eigenvalue weighted by Crippen LogP contribution is -2.39. The zero-order chi connectivity index (χ0) is 23.6. The molecular weight excluding hydrogens is 451 g/mol. The summed E-state index contributed by atoms with van der Waals surface area (Å²) in [4.78, 5) is 25.8. The molecule has 0 saturated carbocycles. The third kappa shape index (κ3) is 4.78. The number of alkyl halides is 3. The molecule has 0 spiro atoms. The van der Waals surface area contributed by atoms with Gasteiger partial charge >= 0.3 is 21.6 Å². The van der Waals surface area contributed by atoms with Crippen LogP contribution in [-0.2, 0) is 23.8 Å². The minimum absolute atomic E-state index is 0.0964. The molecule has 31 heavy (non-hydrogen) atoms. The molecule has 1 aliphatic rings. The number of ether oxygens (including phenoxy) is 4. The lowest BCUT2D eigenvalue weighted by atomic mass is 10.1. The van der Waals surface area contributed by atoms with Gasteiger partial charge in [0, 0.05) is 18.2 Å². The highest BCUT2D eigenvalue weighted by molar-refractivity contribution is 7.87. The molecule has 1 heterocycles. The summed E-state index contributed by atoms with van der Waals surface area (Å²) in [6, 6.07) is 1.03. The van der Waals surface area contributed by atoms with Crippen molar-refractivity contribution in [3.63, 3.8) is 0 Å². The Kier molecular flexibility index (Phi) is 6.93. The second kappa shape index (κ2) is 8.91. The Balaban J connectivity index is 2.48. The summed E-state index contributed by atoms with van der Waals surface area (Å²) in [6.45, 7) is 0. The molecule has 2 rings (SSSR count). The molecule has 1 atom stereocenters. The molecule has 0 bridgehead atoms. The van der Waals surface area contributed by atoms with E-state index in [0.717, 1.165) is 7.11 Å². The van der Waals surface area contributed by atoms with E-state index in [4.69, 9.17) is 14.2 Å². The molecule has 10 nitrogen and oxygen atoms in total. The maximum Gasteiger partial charge on any atom is 0.534 e. The molecule has 0 radical (unpaired) electrons. The average Bonchev–Trinajstić information content (AvgIpc) is 3.13. The highest BCUT2D eigenvalue weighted by Crippen LogP contribution is 2.39. The number of carbonyl (C=O) groups is 2. The number of esters is 1. The lowest BCUT2D eigenvalue weighted by molar-refractivity contribution is -0.144. The van der Waals surface area contributed by atoms with Crippen molar-refractivity contribution in [3.05, 3.63) is 29.7 Å². The third-order valence-corrected chi connectivity index (χ3v) is 5.13. The van der Waals surface area contributed by atoms with E-state index in [2.05, 4.69) is 8.92 Å². The first-order valence-electron chi connectivity index (χ1n) is 8.32. The Labute approximate surface area is 175 Å². The molecule has 0 aliphatic carbocycles. The normalized spacial score (nSPS) is 16.4. The fraction of sp³-hybridized carbons (Fsp3) is 0.412. The number of hydrogen-bond donors (Lipinski definition) is 0. The molecular formula is C17H18F3NO9S. The first-order valence-corrected chi connectivity index (χ1v) is 9.73. The monoisotopic (exact) mass is 469 g/mol. The number of methoxy groups -OCH3 is 4. The van der Waals surface area contributed by atoms with Crippen LogP contribution < -0.4 is 14.2 Å². The number of halogens is 3. The summed E-state index contributed by atoms with van der Waals surface area (Å²) >= 11 is 0. The molecule has 172 valence electrons. The van der Waals surface area contributed by atoms with E-state index in [1.165, 1.54) is 33.5 Å². The van der Waals surface area contributed by atoms with E-state index in [1.807, 2.05) is 0 Å². The first-order chi connectivity index (χ1) is 14.4. The van der Waals surface area contributed by atoms with Gasteiger partial charge in [0.05, 0.1) is 28.4 Å². The molecule has 1 aromatic carbocycles. The number of nitrogens with zero attached hydrogens (tertiary/aromatic N) is 1. The van der Waals surface area contributed by atoms with Gasteiger partial charge in [0.25, 0.3) is 5.91 Å². The Morgan fingerprint density at radius 1 is 1.03 bits per heavy atom. The molecule has 14 heteroatoms. The largest absolute Gasteiger partial charge is 0.534 e. The number of amides is 1. The number of rotatable bonds is 7. The van der Waals surface area contributed by atoms with E-state index < -0.39 is 45.7 Å². The fourth-order valence-corrected chi connectivity index (χ4v) is 3.20. The third-order valence-electron chi connectivity index (χ3n) is 4.13. The Morgan fingerprint density at radius 2 is 1.58 bits per heavy atom. The summed E-state index contributed by atoms with van der Waals surface area (Å²) in [7, 11) is -1.07. The smallest absolute Gasteiger partial charge is 0.493 e. The average molecular weight is 469 g/mol. The molecule has 1 aromatic rings. The van der Waals surface area contributed by atoms with Gasteiger partial charge in [-0.05, 0) is 12.1 Å². The maximum atomic E-state index is 13.0. The van der Waals surface area contributed by atoms with Gasteiger partial charge in [0.2, 0.25) is 5.75 Å². The van der Waals surface area contributed by atoms with Crippen molar-refractivity contribution in [3.8, 4) is 17.2 Å². The molecule has 0 saturated heterocycles. The summed E-state index contributed by atoms with van der Waals surface area (Å²) < 4.78 is 84.5. The van der Waals surface area contributed by atoms with Gasteiger partial charge in [-0.15, -0.1) is 0 Å². The van der Waals surface area contributed by atoms with E-state index in [0.29, 0.717) is 11.1 Å². The van der Waals surface area contributed by atoms with Crippen molar-refractivity contribution in [1.82, 2.24) is 4.90 Å². The molecule has 0 N–H and O–H groups in total. The van der Waals surface area contributed by atoms with Gasteiger partial charge < -0.3 is 23.1 Å². The second-order valence-corrected chi connectivity index (χ2v) is 7.49. The predicted molar refractivity (Wildman–Crippen MR) is 96.8 cm³/mol. The standard InChI is InChI=1S/C17H18F3NO9S/c1-26-12-5-9(6-13(27-2)14(12)28-3)15(22)21-8-10(7-11(21)16(23)29-4)30-31(24,25)17(18,19)20/h5-6,8,11H,7H2,1-4H3/t11-/m0/s1. The Hall–Kier alpha value is -3.16. The van der Waals surface area contributed by atoms with E-state index in [-0.39, 0.29) is 22.8 Å². The van der Waals surface area contributed by atoms with Crippen LogP contribution in [0.4, 0.5) is 13.2 Å². The summed E-state index contributed by atoms with van der Waals surface area (Å²) in [5, 5.41) is 0. The zero-order valence-electron chi connectivity index (χ0n) is 16.7. The van der Waals surface area contributed by atoms with Gasteiger partial charge in [0.15, 0.2) is 11.5 Å². The van der Waals surface area contributed by atoms with Crippen molar-refractivity contribution < 1.29 is 54.3 Å². The predicted octanol–water partition coefficient (Wildman–Crippen LogP) is 1.81. The topological polar surface area (TPSA) is 118 Å². The SMILES string of the molecule is COC(=O)[C@@H]1CC(OS(=O)(=O)C(F)(F)F)=CN1C(=O)c1cc(OC)c(OC)c(OC)c1. The highest BCUT2D eigenvalue weighted by Gasteiger charge is 2.50. The quantitative estimate of drug-likeness (QED) is 0.335. The van der Waals surface area contributed by atoms with Crippen LogP contribution in [-0.4, -0.2) is 65.2 Å². The maximum absolute atomic E-state index is 13.0. The van der Waals surface area contributed by atoms with Crippen LogP contribution in [0.25, 0.3) is 0 Å². The summed E-state index contributed by atoms with van der Waals surface area (Å²) in [5.41, 5.74) is -5.79. The Morgan fingerprint density at radius 3 is 2.00 bits per heavy atom. The van der Waals surface area contributed by atoms with Gasteiger partial charge in [-0.1, -0.05) is 0 Å². The van der Waals surface area contributed by atoms with E-state index >= 15 is 0 Å². The number of hydrogen-bond acceptors (Lipinski definition) is 9. The van der Waals surface area contributed by atoms with Crippen LogP contribution in [0.15, 0.2) is 24.1 Å². The molecule has 0 aromatic heterocycles. The van der Waals surface area contributed by atoms with Crippen molar-refractivity contribution in [1.29, 1.82) is 0 Å². The van der Waals surface area contributed by atoms with Gasteiger partial charge in [-0.25, -0.2) is 4.79 Å². The van der Waals surface area contributed by atoms with Gasteiger partial charge in [-0.3, -0.25) is 9.69 Å². The first kappa shape index (κ1) is 24.1. The molecule has 0 unspecified atom stereocenters. The number of carbonyl (C=O) groups excluding carboxylic acids is 2. The fourth-order valence-electron chi connectivity index (χ4n) is 2.72. The van der Waals surface area contributed by atoms with Gasteiger partial charge in [0.1, 0.15) is 11.8 Å². The summed E-state index contributed by atoms with van der Waals surface area (Å²) in [5.74, 6) is -2.30. The molecule has 1 amide bonds. The minimum Gasteiger partial charge on any atom is -0.493 e. The van der Waals surface area contributed by atoms with Crippen LogP contribution in [0.5, 0.6) is 17.2 Å². The second-order valence-electron chi connectivity index (χ2n) is 5.95. The van der Waals surface area contributed by atoms with Crippen LogP contribution in [0, 0.1) is 0 Å². The van der Waals surface area contributed by atoms with Crippen molar-refractivity contribution in [2.45, 2.75) is 18.0 Å². The van der Waals surface area contributed by atoms with Crippen LogP contribution in [0.1, 0.15) is 16.8 Å². The van der Waals surface area contributed by atoms with Gasteiger partial charge in [-0.2, -0.15) is 21.6 Å². The lowest BCUT2D eigenvalue weighted by Gasteiger charge is -2.22. The van der Waals surface area contributed by atoms with Crippen molar-refractivity contribution in [2.24, 2.45) is 0 Å². The molecule has 1 aliphatic heterocycles. The van der Waals surface area contributed by atoms with E-state index in [9.17, 15) is 31.2 Å². The number of benzene rings is 1. The van der Waals surface area contributed by atoms with Crippen molar-refractivity contribution in [2.75, 3.05) is 28.4 Å². The molecule has 0 fully saturated rings. The minimum atomic E-state index is -6.00. The van der Waals surface area contributed by atoms with Crippen LogP contribution in [0.2, 0.25) is 0 Å².